The highest BCUT2D eigenvalue weighted by Gasteiger charge is 2.20. The number of fused-ring (bicyclic) bond motifs is 7. The molecule has 0 spiro atoms. The molecule has 0 saturated heterocycles. The van der Waals surface area contributed by atoms with Crippen molar-refractivity contribution in [3.63, 3.8) is 0 Å². The molecule has 0 bridgehead atoms. The van der Waals surface area contributed by atoms with Gasteiger partial charge in [-0.1, -0.05) is 109 Å². The van der Waals surface area contributed by atoms with Crippen LogP contribution in [0, 0.1) is 0 Å². The van der Waals surface area contributed by atoms with E-state index < -0.39 is 0 Å². The molecule has 1 aliphatic heterocycles. The maximum Gasteiger partial charge on any atom is 0.0547 e. The summed E-state index contributed by atoms with van der Waals surface area (Å²) in [5, 5.41) is 7.84. The molecule has 0 fully saturated rings. The van der Waals surface area contributed by atoms with Gasteiger partial charge in [-0.3, -0.25) is 0 Å². The maximum absolute atomic E-state index is 2.42. The number of hydrogen-bond donors (Lipinski definition) is 0. The normalized spacial score (nSPS) is 12.4. The molecule has 9 rings (SSSR count). The Morgan fingerprint density at radius 2 is 1.20 bits per heavy atom. The van der Waals surface area contributed by atoms with Gasteiger partial charge in [0.25, 0.3) is 0 Å². The van der Waals surface area contributed by atoms with Crippen LogP contribution in [0.4, 0.5) is 0 Å². The third kappa shape index (κ3) is 3.11. The van der Waals surface area contributed by atoms with E-state index in [1.165, 1.54) is 81.1 Å². The second-order valence-electron chi connectivity index (χ2n) is 10.6. The second kappa shape index (κ2) is 8.35. The number of benzene rings is 7. The lowest BCUT2D eigenvalue weighted by molar-refractivity contribution is 1.18. The number of hydrogen-bond acceptors (Lipinski definition) is 1. The average Bonchev–Trinajstić information content (AvgIpc) is 3.36. The molecule has 0 unspecified atom stereocenters. The molecule has 1 aliphatic rings. The minimum absolute atomic E-state index is 1.18. The van der Waals surface area contributed by atoms with Gasteiger partial charge in [-0.2, -0.15) is 0 Å². The fourth-order valence-corrected chi connectivity index (χ4v) is 7.69. The molecule has 1 nitrogen and oxygen atoms in total. The van der Waals surface area contributed by atoms with Crippen LogP contribution < -0.4 is 0 Å². The first kappa shape index (κ1) is 22.1. The van der Waals surface area contributed by atoms with E-state index in [9.17, 15) is 0 Å². The Morgan fingerprint density at radius 1 is 0.425 bits per heavy atom. The van der Waals surface area contributed by atoms with Crippen molar-refractivity contribution in [2.75, 3.05) is 0 Å². The maximum atomic E-state index is 2.42. The third-order valence-electron chi connectivity index (χ3n) is 8.36. The summed E-state index contributed by atoms with van der Waals surface area (Å²) in [5.41, 5.74) is 8.77. The lowest BCUT2D eigenvalue weighted by Gasteiger charge is -2.21. The van der Waals surface area contributed by atoms with Gasteiger partial charge in [-0.05, 0) is 80.9 Å². The van der Waals surface area contributed by atoms with Crippen molar-refractivity contribution in [1.82, 2.24) is 4.57 Å². The molecular formula is C38H23NS. The second-order valence-corrected chi connectivity index (χ2v) is 11.6. The number of para-hydroxylation sites is 1. The molecule has 0 amide bonds. The van der Waals surface area contributed by atoms with Crippen LogP contribution in [0.3, 0.4) is 0 Å². The molecule has 2 heterocycles. The molecule has 0 aliphatic carbocycles. The standard InChI is InChI=1S/C38H23NS/c1-2-11-28(12-3-1)39-33-20-17-24-8-4-5-13-29(24)38(33)31-19-16-27(23-34(31)39)26-18-21-35-32(22-26)30-14-6-9-25-10-7-15-36(40-35)37(25)30/h1-23H. The Hall–Kier alpha value is -4.79. The van der Waals surface area contributed by atoms with Gasteiger partial charge in [-0.25, -0.2) is 0 Å². The molecule has 0 N–H and O–H groups in total. The molecule has 8 aromatic rings. The Bertz CT molecular complexity index is 2290. The summed E-state index contributed by atoms with van der Waals surface area (Å²) in [6.45, 7) is 0. The lowest BCUT2D eigenvalue weighted by atomic mass is 9.94. The number of rotatable bonds is 2. The van der Waals surface area contributed by atoms with Crippen molar-refractivity contribution < 1.29 is 0 Å². The van der Waals surface area contributed by atoms with Crippen LogP contribution in [0.2, 0.25) is 0 Å². The summed E-state index contributed by atoms with van der Waals surface area (Å²) < 4.78 is 2.42. The summed E-state index contributed by atoms with van der Waals surface area (Å²) in [6, 6.07) is 51.3. The quantitative estimate of drug-likeness (QED) is 0.217. The first-order valence-electron chi connectivity index (χ1n) is 13.7. The Morgan fingerprint density at radius 3 is 2.12 bits per heavy atom. The van der Waals surface area contributed by atoms with Crippen LogP contribution >= 0.6 is 11.8 Å². The van der Waals surface area contributed by atoms with Gasteiger partial charge in [0.1, 0.15) is 0 Å². The third-order valence-corrected chi connectivity index (χ3v) is 9.50. The summed E-state index contributed by atoms with van der Waals surface area (Å²) in [7, 11) is 0. The summed E-state index contributed by atoms with van der Waals surface area (Å²) in [5.74, 6) is 0. The van der Waals surface area contributed by atoms with Gasteiger partial charge in [0.15, 0.2) is 0 Å². The smallest absolute Gasteiger partial charge is 0.0547 e. The molecule has 0 atom stereocenters. The van der Waals surface area contributed by atoms with E-state index in [1.54, 1.807) is 0 Å². The van der Waals surface area contributed by atoms with E-state index in [-0.39, 0.29) is 0 Å². The highest BCUT2D eigenvalue weighted by molar-refractivity contribution is 7.99. The van der Waals surface area contributed by atoms with Gasteiger partial charge in [0.05, 0.1) is 11.0 Å². The summed E-state index contributed by atoms with van der Waals surface area (Å²) >= 11 is 1.88. The van der Waals surface area contributed by atoms with E-state index in [0.717, 1.165) is 0 Å². The van der Waals surface area contributed by atoms with Crippen LogP contribution in [-0.4, -0.2) is 4.57 Å². The van der Waals surface area contributed by atoms with Crippen LogP contribution in [0.5, 0.6) is 0 Å². The zero-order valence-corrected chi connectivity index (χ0v) is 22.5. The molecule has 0 radical (unpaired) electrons. The zero-order chi connectivity index (χ0) is 26.2. The largest absolute Gasteiger partial charge is 0.309 e. The van der Waals surface area contributed by atoms with Gasteiger partial charge < -0.3 is 4.57 Å². The van der Waals surface area contributed by atoms with Crippen molar-refractivity contribution in [2.24, 2.45) is 0 Å². The SMILES string of the molecule is c1ccc(-n2c3cc(-c4ccc5c(c4)-c4cccc6cccc(c46)S5)ccc3c3c4ccccc4ccc32)cc1. The van der Waals surface area contributed by atoms with Crippen LogP contribution in [-0.2, 0) is 0 Å². The van der Waals surface area contributed by atoms with Crippen molar-refractivity contribution in [3.8, 4) is 27.9 Å². The molecule has 2 heteroatoms. The van der Waals surface area contributed by atoms with E-state index in [1.807, 2.05) is 11.8 Å². The predicted octanol–water partition coefficient (Wildman–Crippen LogP) is 10.9. The molecule has 186 valence electrons. The lowest BCUT2D eigenvalue weighted by Crippen LogP contribution is -1.94. The molecular weight excluding hydrogens is 502 g/mol. The first-order valence-corrected chi connectivity index (χ1v) is 14.5. The van der Waals surface area contributed by atoms with Gasteiger partial charge in [0.2, 0.25) is 0 Å². The zero-order valence-electron chi connectivity index (χ0n) is 21.6. The first-order chi connectivity index (χ1) is 19.8. The van der Waals surface area contributed by atoms with Gasteiger partial charge in [-0.15, -0.1) is 0 Å². The average molecular weight is 526 g/mol. The minimum Gasteiger partial charge on any atom is -0.309 e. The monoisotopic (exact) mass is 525 g/mol. The topological polar surface area (TPSA) is 4.93 Å². The van der Waals surface area contributed by atoms with Gasteiger partial charge >= 0.3 is 0 Å². The highest BCUT2D eigenvalue weighted by atomic mass is 32.2. The van der Waals surface area contributed by atoms with E-state index in [2.05, 4.69) is 144 Å². The van der Waals surface area contributed by atoms with Gasteiger partial charge in [0, 0.05) is 31.6 Å². The number of aromatic nitrogens is 1. The van der Waals surface area contributed by atoms with E-state index >= 15 is 0 Å². The Kier molecular flexibility index (Phi) is 4.61. The fourth-order valence-electron chi connectivity index (χ4n) is 6.57. The van der Waals surface area contributed by atoms with Crippen LogP contribution in [0.15, 0.2) is 149 Å². The van der Waals surface area contributed by atoms with E-state index in [4.69, 9.17) is 0 Å². The minimum atomic E-state index is 1.18. The fraction of sp³-hybridized carbons (Fsp3) is 0. The Balaban J connectivity index is 1.31. The van der Waals surface area contributed by atoms with Crippen molar-refractivity contribution >= 4 is 55.1 Å². The van der Waals surface area contributed by atoms with Crippen molar-refractivity contribution in [1.29, 1.82) is 0 Å². The molecule has 0 saturated carbocycles. The highest BCUT2D eigenvalue weighted by Crippen LogP contribution is 2.49. The Labute approximate surface area is 236 Å². The van der Waals surface area contributed by atoms with Crippen molar-refractivity contribution in [3.05, 3.63) is 140 Å². The summed E-state index contributed by atoms with van der Waals surface area (Å²) in [6.07, 6.45) is 0. The number of nitrogens with zero attached hydrogens (tertiary/aromatic N) is 1. The van der Waals surface area contributed by atoms with Crippen LogP contribution in [0.25, 0.3) is 71.3 Å². The predicted molar refractivity (Wildman–Crippen MR) is 171 cm³/mol. The molecule has 1 aromatic heterocycles. The van der Waals surface area contributed by atoms with Crippen LogP contribution in [0.1, 0.15) is 0 Å². The van der Waals surface area contributed by atoms with E-state index in [0.29, 0.717) is 0 Å². The summed E-state index contributed by atoms with van der Waals surface area (Å²) in [4.78, 5) is 2.66. The molecule has 40 heavy (non-hydrogen) atoms. The van der Waals surface area contributed by atoms with Crippen molar-refractivity contribution in [2.45, 2.75) is 9.79 Å². The molecule has 7 aromatic carbocycles.